The summed E-state index contributed by atoms with van der Waals surface area (Å²) in [5.74, 6) is 1.04. The van der Waals surface area contributed by atoms with Gasteiger partial charge in [-0.25, -0.2) is 0 Å². The van der Waals surface area contributed by atoms with Gasteiger partial charge in [-0.3, -0.25) is 9.67 Å². The van der Waals surface area contributed by atoms with E-state index in [2.05, 4.69) is 72.8 Å². The molecule has 0 saturated carbocycles. The third-order valence-corrected chi connectivity index (χ3v) is 4.75. The molecule has 130 valence electrons. The van der Waals surface area contributed by atoms with Crippen LogP contribution in [0.4, 0.5) is 0 Å². The number of rotatable bonds is 6. The number of hydrogen-bond acceptors (Lipinski definition) is 2. The molecule has 0 aliphatic carbocycles. The Morgan fingerprint density at radius 2 is 2.00 bits per heavy atom. The number of pyridine rings is 1. The Bertz CT molecular complexity index is 860. The molecule has 0 N–H and O–H groups in total. The summed E-state index contributed by atoms with van der Waals surface area (Å²) in [6.45, 7) is 9.87. The molecule has 0 saturated heterocycles. The largest absolute Gasteiger partial charge is 0.265 e. The van der Waals surface area contributed by atoms with Gasteiger partial charge >= 0.3 is 0 Å². The predicted molar refractivity (Wildman–Crippen MR) is 106 cm³/mol. The quantitative estimate of drug-likeness (QED) is 0.587. The summed E-state index contributed by atoms with van der Waals surface area (Å²) in [4.78, 5) is 4.15. The molecule has 0 fully saturated rings. The fourth-order valence-electron chi connectivity index (χ4n) is 3.22. The van der Waals surface area contributed by atoms with Crippen LogP contribution in [0.25, 0.3) is 17.0 Å². The van der Waals surface area contributed by atoms with Crippen LogP contribution < -0.4 is 0 Å². The summed E-state index contributed by atoms with van der Waals surface area (Å²) in [5, 5.41) is 5.85. The molecule has 0 bridgehead atoms. The molecule has 25 heavy (non-hydrogen) atoms. The molecule has 0 amide bonds. The van der Waals surface area contributed by atoms with Crippen LogP contribution in [0.1, 0.15) is 49.8 Å². The lowest BCUT2D eigenvalue weighted by Crippen LogP contribution is -2.04. The average Bonchev–Trinajstić information content (AvgIpc) is 3.00. The zero-order valence-electron chi connectivity index (χ0n) is 15.6. The topological polar surface area (TPSA) is 30.7 Å². The maximum Gasteiger partial charge on any atom is 0.0685 e. The molecule has 0 spiro atoms. The normalized spacial score (nSPS) is 13.2. The van der Waals surface area contributed by atoms with Crippen LogP contribution in [0.3, 0.4) is 0 Å². The number of nitrogens with zero attached hydrogens (tertiary/aromatic N) is 3. The van der Waals surface area contributed by atoms with Gasteiger partial charge < -0.3 is 0 Å². The minimum Gasteiger partial charge on any atom is -0.265 e. The van der Waals surface area contributed by atoms with Crippen LogP contribution in [0.15, 0.2) is 48.9 Å². The predicted octanol–water partition coefficient (Wildman–Crippen LogP) is 5.60. The average molecular weight is 333 g/mol. The summed E-state index contributed by atoms with van der Waals surface area (Å²) >= 11 is 0. The molecule has 3 heteroatoms. The fourth-order valence-corrected chi connectivity index (χ4v) is 3.22. The van der Waals surface area contributed by atoms with Crippen molar-refractivity contribution in [3.63, 3.8) is 0 Å². The molecule has 0 aliphatic heterocycles. The Morgan fingerprint density at radius 3 is 2.72 bits per heavy atom. The van der Waals surface area contributed by atoms with Crippen LogP contribution in [-0.4, -0.2) is 14.8 Å². The third kappa shape index (κ3) is 4.16. The summed E-state index contributed by atoms with van der Waals surface area (Å²) in [5.41, 5.74) is 5.16. The van der Waals surface area contributed by atoms with E-state index in [4.69, 9.17) is 0 Å². The molecule has 3 nitrogen and oxygen atoms in total. The van der Waals surface area contributed by atoms with Gasteiger partial charge in [0.05, 0.1) is 11.7 Å². The summed E-state index contributed by atoms with van der Waals surface area (Å²) < 4.78 is 2.14. The molecule has 0 aliphatic rings. The summed E-state index contributed by atoms with van der Waals surface area (Å²) in [6, 6.07) is 8.62. The maximum atomic E-state index is 4.61. The van der Waals surface area contributed by atoms with Gasteiger partial charge in [-0.1, -0.05) is 39.0 Å². The van der Waals surface area contributed by atoms with Crippen molar-refractivity contribution in [3.05, 3.63) is 65.6 Å². The number of aryl methyl sites for hydroxylation is 2. The lowest BCUT2D eigenvalue weighted by molar-refractivity contribution is 0.529. The van der Waals surface area contributed by atoms with E-state index < -0.39 is 0 Å². The van der Waals surface area contributed by atoms with Crippen molar-refractivity contribution < 1.29 is 0 Å². The van der Waals surface area contributed by atoms with Crippen LogP contribution in [0.2, 0.25) is 0 Å². The molecule has 1 atom stereocenters. The van der Waals surface area contributed by atoms with E-state index in [9.17, 15) is 0 Å². The Hall–Kier alpha value is -2.42. The van der Waals surface area contributed by atoms with Crippen LogP contribution >= 0.6 is 0 Å². The fraction of sp³-hybridized carbons (Fsp3) is 0.364. The first-order valence-electron chi connectivity index (χ1n) is 9.09. The van der Waals surface area contributed by atoms with E-state index in [1.165, 1.54) is 22.0 Å². The second-order valence-corrected chi connectivity index (χ2v) is 7.20. The van der Waals surface area contributed by atoms with Gasteiger partial charge in [-0.15, -0.1) is 0 Å². The Kier molecular flexibility index (Phi) is 5.32. The molecule has 2 heterocycles. The number of hydrogen-bond donors (Lipinski definition) is 0. The van der Waals surface area contributed by atoms with Crippen molar-refractivity contribution in [2.24, 2.45) is 5.92 Å². The van der Waals surface area contributed by atoms with E-state index in [-0.39, 0.29) is 0 Å². The van der Waals surface area contributed by atoms with E-state index in [1.54, 1.807) is 6.20 Å². The molecule has 2 aromatic heterocycles. The van der Waals surface area contributed by atoms with Crippen LogP contribution in [0.5, 0.6) is 0 Å². The van der Waals surface area contributed by atoms with Gasteiger partial charge in [0, 0.05) is 24.3 Å². The molecular formula is C22H27N3. The smallest absolute Gasteiger partial charge is 0.0685 e. The third-order valence-electron chi connectivity index (χ3n) is 4.75. The van der Waals surface area contributed by atoms with Gasteiger partial charge in [-0.2, -0.15) is 5.10 Å². The second-order valence-electron chi connectivity index (χ2n) is 7.20. The molecule has 1 unspecified atom stereocenters. The van der Waals surface area contributed by atoms with Gasteiger partial charge in [0.25, 0.3) is 0 Å². The first kappa shape index (κ1) is 17.4. The lowest BCUT2D eigenvalue weighted by Gasteiger charge is -2.11. The van der Waals surface area contributed by atoms with Gasteiger partial charge in [0.2, 0.25) is 0 Å². The molecule has 3 rings (SSSR count). The highest BCUT2D eigenvalue weighted by atomic mass is 15.3. The molecule has 3 aromatic rings. The van der Waals surface area contributed by atoms with Crippen molar-refractivity contribution >= 4 is 17.0 Å². The van der Waals surface area contributed by atoms with Crippen molar-refractivity contribution in [2.75, 3.05) is 0 Å². The first-order chi connectivity index (χ1) is 12.0. The van der Waals surface area contributed by atoms with Crippen LogP contribution in [-0.2, 0) is 6.54 Å². The molecule has 0 radical (unpaired) electrons. The number of allylic oxidation sites excluding steroid dienone is 1. The van der Waals surface area contributed by atoms with Crippen molar-refractivity contribution in [1.29, 1.82) is 0 Å². The Labute approximate surface area is 150 Å². The van der Waals surface area contributed by atoms with E-state index in [1.807, 2.05) is 18.5 Å². The second kappa shape index (κ2) is 7.64. The minimum atomic E-state index is 0.496. The number of fused-ring (bicyclic) bond motifs is 1. The molecular weight excluding hydrogens is 306 g/mol. The van der Waals surface area contributed by atoms with Crippen LogP contribution in [0, 0.1) is 12.8 Å². The van der Waals surface area contributed by atoms with E-state index >= 15 is 0 Å². The van der Waals surface area contributed by atoms with Gasteiger partial charge in [0.1, 0.15) is 0 Å². The van der Waals surface area contributed by atoms with Gasteiger partial charge in [-0.05, 0) is 60.1 Å². The number of benzene rings is 1. The summed E-state index contributed by atoms with van der Waals surface area (Å²) in [6.07, 6.45) is 11.2. The van der Waals surface area contributed by atoms with Crippen molar-refractivity contribution in [2.45, 2.75) is 46.6 Å². The van der Waals surface area contributed by atoms with E-state index in [0.717, 1.165) is 18.5 Å². The van der Waals surface area contributed by atoms with Crippen molar-refractivity contribution in [1.82, 2.24) is 14.8 Å². The maximum absolute atomic E-state index is 4.61. The summed E-state index contributed by atoms with van der Waals surface area (Å²) in [7, 11) is 0. The SMILES string of the molecule is Cc1cc2c(cnn2CCC(C)/C=C/c2cccnc2)cc1C(C)C. The minimum absolute atomic E-state index is 0.496. The lowest BCUT2D eigenvalue weighted by atomic mass is 9.96. The monoisotopic (exact) mass is 333 g/mol. The highest BCUT2D eigenvalue weighted by Gasteiger charge is 2.10. The van der Waals surface area contributed by atoms with E-state index in [0.29, 0.717) is 11.8 Å². The standard InChI is InChI=1S/C22H27N3/c1-16(2)21-13-20-15-24-25(22(20)12-18(21)4)11-9-17(3)7-8-19-6-5-10-23-14-19/h5-8,10,12-17H,9,11H2,1-4H3/b8-7+. The zero-order valence-corrected chi connectivity index (χ0v) is 15.6. The molecule has 1 aromatic carbocycles. The van der Waals surface area contributed by atoms with Crippen molar-refractivity contribution in [3.8, 4) is 0 Å². The highest BCUT2D eigenvalue weighted by Crippen LogP contribution is 2.25. The van der Waals surface area contributed by atoms with Gasteiger partial charge in [0.15, 0.2) is 0 Å². The Balaban J connectivity index is 1.69. The first-order valence-corrected chi connectivity index (χ1v) is 9.09. The highest BCUT2D eigenvalue weighted by molar-refractivity contribution is 5.80. The Morgan fingerprint density at radius 1 is 1.16 bits per heavy atom. The number of aromatic nitrogens is 3. The zero-order chi connectivity index (χ0) is 17.8.